The molecule has 0 spiro atoms. The van der Waals surface area contributed by atoms with Crippen molar-refractivity contribution < 1.29 is 13.5 Å². The number of nitrogens with two attached hydrogens (primary N) is 1. The molecular formula is C8H15F2NO. The lowest BCUT2D eigenvalue weighted by molar-refractivity contribution is -0.127. The fourth-order valence-electron chi connectivity index (χ4n) is 1.45. The smallest absolute Gasteiger partial charge is 0.253 e. The maximum absolute atomic E-state index is 12.1. The van der Waals surface area contributed by atoms with E-state index >= 15 is 0 Å². The highest BCUT2D eigenvalue weighted by Crippen LogP contribution is 2.36. The van der Waals surface area contributed by atoms with Crippen LogP contribution in [0.25, 0.3) is 0 Å². The zero-order chi connectivity index (χ0) is 9.19. The lowest BCUT2D eigenvalue weighted by Gasteiger charge is -2.42. The van der Waals surface area contributed by atoms with E-state index in [4.69, 9.17) is 10.5 Å². The molecular weight excluding hydrogens is 164 g/mol. The molecule has 1 aliphatic rings. The highest BCUT2D eigenvalue weighted by molar-refractivity contribution is 4.88. The topological polar surface area (TPSA) is 35.2 Å². The van der Waals surface area contributed by atoms with Crippen LogP contribution in [-0.2, 0) is 4.74 Å². The average Bonchev–Trinajstić information content (AvgIpc) is 1.96. The molecule has 1 heterocycles. The SMILES string of the molecule is CCC1(CC(N)C(F)F)COC1. The van der Waals surface area contributed by atoms with Crippen molar-refractivity contribution in [2.24, 2.45) is 11.1 Å². The Bertz CT molecular complexity index is 142. The summed E-state index contributed by atoms with van der Waals surface area (Å²) in [4.78, 5) is 0. The largest absolute Gasteiger partial charge is 0.380 e. The maximum Gasteiger partial charge on any atom is 0.253 e. The predicted molar refractivity (Wildman–Crippen MR) is 42.1 cm³/mol. The number of halogens is 2. The molecule has 2 N–H and O–H groups in total. The highest BCUT2D eigenvalue weighted by Gasteiger charge is 2.39. The van der Waals surface area contributed by atoms with Crippen LogP contribution in [-0.4, -0.2) is 25.7 Å². The monoisotopic (exact) mass is 179 g/mol. The zero-order valence-electron chi connectivity index (χ0n) is 7.22. The second-order valence-electron chi connectivity index (χ2n) is 3.55. The average molecular weight is 179 g/mol. The van der Waals surface area contributed by atoms with Crippen LogP contribution in [0.1, 0.15) is 19.8 Å². The van der Waals surface area contributed by atoms with Gasteiger partial charge in [0, 0.05) is 5.41 Å². The van der Waals surface area contributed by atoms with E-state index in [2.05, 4.69) is 0 Å². The summed E-state index contributed by atoms with van der Waals surface area (Å²) in [5, 5.41) is 0. The van der Waals surface area contributed by atoms with Crippen LogP contribution in [0.15, 0.2) is 0 Å². The Kier molecular flexibility index (Phi) is 3.01. The van der Waals surface area contributed by atoms with Gasteiger partial charge in [0.15, 0.2) is 0 Å². The molecule has 1 unspecified atom stereocenters. The van der Waals surface area contributed by atoms with Crippen molar-refractivity contribution in [3.63, 3.8) is 0 Å². The van der Waals surface area contributed by atoms with Gasteiger partial charge in [-0.3, -0.25) is 0 Å². The summed E-state index contributed by atoms with van der Waals surface area (Å²) in [6, 6.07) is -0.992. The number of alkyl halides is 2. The molecule has 0 bridgehead atoms. The molecule has 1 rings (SSSR count). The Morgan fingerprint density at radius 1 is 1.50 bits per heavy atom. The lowest BCUT2D eigenvalue weighted by atomic mass is 9.77. The third kappa shape index (κ3) is 1.93. The van der Waals surface area contributed by atoms with E-state index in [1.54, 1.807) is 0 Å². The third-order valence-corrected chi connectivity index (χ3v) is 2.56. The second-order valence-corrected chi connectivity index (χ2v) is 3.55. The van der Waals surface area contributed by atoms with Crippen LogP contribution >= 0.6 is 0 Å². The molecule has 1 fully saturated rings. The number of hydrogen-bond acceptors (Lipinski definition) is 2. The highest BCUT2D eigenvalue weighted by atomic mass is 19.3. The molecule has 0 aromatic rings. The van der Waals surface area contributed by atoms with Crippen molar-refractivity contribution in [3.8, 4) is 0 Å². The Balaban J connectivity index is 2.37. The van der Waals surface area contributed by atoms with Crippen molar-refractivity contribution in [1.29, 1.82) is 0 Å². The first kappa shape index (κ1) is 9.86. The lowest BCUT2D eigenvalue weighted by Crippen LogP contribution is -2.47. The summed E-state index contributed by atoms with van der Waals surface area (Å²) in [6.07, 6.45) is -1.16. The fraction of sp³-hybridized carbons (Fsp3) is 1.00. The predicted octanol–water partition coefficient (Wildman–Crippen LogP) is 1.40. The molecule has 1 atom stereocenters. The molecule has 0 aromatic carbocycles. The Morgan fingerprint density at radius 3 is 2.33 bits per heavy atom. The molecule has 0 amide bonds. The van der Waals surface area contributed by atoms with Gasteiger partial charge in [-0.15, -0.1) is 0 Å². The molecule has 1 aliphatic heterocycles. The van der Waals surface area contributed by atoms with E-state index in [-0.39, 0.29) is 5.41 Å². The summed E-state index contributed by atoms with van der Waals surface area (Å²) in [6.45, 7) is 3.16. The number of rotatable bonds is 4. The van der Waals surface area contributed by atoms with Crippen molar-refractivity contribution >= 4 is 0 Å². The van der Waals surface area contributed by atoms with Crippen LogP contribution in [0.3, 0.4) is 0 Å². The van der Waals surface area contributed by atoms with Crippen molar-refractivity contribution in [2.45, 2.75) is 32.2 Å². The molecule has 1 saturated heterocycles. The molecule has 12 heavy (non-hydrogen) atoms. The van der Waals surface area contributed by atoms with E-state index in [0.29, 0.717) is 19.6 Å². The van der Waals surface area contributed by atoms with Gasteiger partial charge in [-0.05, 0) is 12.8 Å². The number of ether oxygens (including phenoxy) is 1. The molecule has 0 saturated carbocycles. The van der Waals surface area contributed by atoms with E-state index in [1.165, 1.54) is 0 Å². The van der Waals surface area contributed by atoms with Crippen LogP contribution in [0.4, 0.5) is 8.78 Å². The molecule has 4 heteroatoms. The quantitative estimate of drug-likeness (QED) is 0.708. The van der Waals surface area contributed by atoms with Gasteiger partial charge >= 0.3 is 0 Å². The summed E-state index contributed by atoms with van der Waals surface area (Å²) in [7, 11) is 0. The summed E-state index contributed by atoms with van der Waals surface area (Å²) in [5.74, 6) is 0. The van der Waals surface area contributed by atoms with Gasteiger partial charge < -0.3 is 10.5 Å². The molecule has 0 aliphatic carbocycles. The van der Waals surface area contributed by atoms with E-state index in [1.807, 2.05) is 6.92 Å². The summed E-state index contributed by atoms with van der Waals surface area (Å²) < 4.78 is 29.2. The van der Waals surface area contributed by atoms with Crippen LogP contribution in [0.5, 0.6) is 0 Å². The second kappa shape index (κ2) is 3.66. The minimum absolute atomic E-state index is 0.0597. The Morgan fingerprint density at radius 2 is 2.08 bits per heavy atom. The number of hydrogen-bond donors (Lipinski definition) is 1. The van der Waals surface area contributed by atoms with Gasteiger partial charge in [0.1, 0.15) is 0 Å². The van der Waals surface area contributed by atoms with E-state index in [0.717, 1.165) is 6.42 Å². The molecule has 2 nitrogen and oxygen atoms in total. The van der Waals surface area contributed by atoms with Gasteiger partial charge in [0.05, 0.1) is 19.3 Å². The van der Waals surface area contributed by atoms with E-state index in [9.17, 15) is 8.78 Å². The first-order valence-electron chi connectivity index (χ1n) is 4.21. The minimum atomic E-state index is -2.41. The van der Waals surface area contributed by atoms with Crippen LogP contribution in [0.2, 0.25) is 0 Å². The zero-order valence-corrected chi connectivity index (χ0v) is 7.22. The van der Waals surface area contributed by atoms with E-state index < -0.39 is 12.5 Å². The van der Waals surface area contributed by atoms with Crippen LogP contribution in [0, 0.1) is 5.41 Å². The Hall–Kier alpha value is -0.220. The van der Waals surface area contributed by atoms with Gasteiger partial charge in [-0.1, -0.05) is 6.92 Å². The summed E-state index contributed by atoms with van der Waals surface area (Å²) in [5.41, 5.74) is 5.22. The first-order chi connectivity index (χ1) is 5.59. The third-order valence-electron chi connectivity index (χ3n) is 2.56. The first-order valence-corrected chi connectivity index (χ1v) is 4.21. The van der Waals surface area contributed by atoms with Crippen molar-refractivity contribution in [1.82, 2.24) is 0 Å². The van der Waals surface area contributed by atoms with Gasteiger partial charge in [0.2, 0.25) is 0 Å². The van der Waals surface area contributed by atoms with Crippen molar-refractivity contribution in [3.05, 3.63) is 0 Å². The van der Waals surface area contributed by atoms with Gasteiger partial charge in [-0.2, -0.15) is 0 Å². The van der Waals surface area contributed by atoms with Gasteiger partial charge in [-0.25, -0.2) is 8.78 Å². The molecule has 0 aromatic heterocycles. The summed E-state index contributed by atoms with van der Waals surface area (Å²) >= 11 is 0. The van der Waals surface area contributed by atoms with Crippen LogP contribution < -0.4 is 5.73 Å². The normalized spacial score (nSPS) is 23.8. The molecule has 0 radical (unpaired) electrons. The Labute approximate surface area is 71.1 Å². The van der Waals surface area contributed by atoms with Gasteiger partial charge in [0.25, 0.3) is 6.43 Å². The standard InChI is InChI=1S/C8H15F2NO/c1-2-8(4-12-5-8)3-6(11)7(9)10/h6-7H,2-5,11H2,1H3. The van der Waals surface area contributed by atoms with Crippen molar-refractivity contribution in [2.75, 3.05) is 13.2 Å². The fourth-order valence-corrected chi connectivity index (χ4v) is 1.45. The maximum atomic E-state index is 12.1. The minimum Gasteiger partial charge on any atom is -0.380 e. The molecule has 72 valence electrons.